The molecule has 0 atom stereocenters. The van der Waals surface area contributed by atoms with Crippen molar-refractivity contribution in [1.82, 2.24) is 5.32 Å². The molecule has 3 heteroatoms. The van der Waals surface area contributed by atoms with Crippen LogP contribution < -0.4 is 14.8 Å². The van der Waals surface area contributed by atoms with E-state index in [1.165, 1.54) is 23.1 Å². The van der Waals surface area contributed by atoms with Crippen LogP contribution >= 0.6 is 0 Å². The Morgan fingerprint density at radius 1 is 1.00 bits per heavy atom. The Morgan fingerprint density at radius 2 is 1.80 bits per heavy atom. The monoisotopic (exact) mass is 341 g/mol. The molecule has 2 rings (SSSR count). The first kappa shape index (κ1) is 19.3. The molecule has 0 bridgehead atoms. The molecule has 2 aromatic carbocycles. The summed E-state index contributed by atoms with van der Waals surface area (Å²) >= 11 is 0. The average Bonchev–Trinajstić information content (AvgIpc) is 2.59. The Balaban J connectivity index is 1.99. The Labute approximate surface area is 152 Å². The van der Waals surface area contributed by atoms with E-state index in [0.29, 0.717) is 13.2 Å². The molecule has 0 unspecified atom stereocenters. The maximum absolute atomic E-state index is 6.02. The summed E-state index contributed by atoms with van der Waals surface area (Å²) in [5.74, 6) is 2.35. The van der Waals surface area contributed by atoms with Crippen molar-refractivity contribution in [1.29, 1.82) is 0 Å². The van der Waals surface area contributed by atoms with Crippen molar-refractivity contribution < 1.29 is 9.47 Å². The number of aryl methyl sites for hydroxylation is 1. The summed E-state index contributed by atoms with van der Waals surface area (Å²) in [6.07, 6.45) is 1.19. The first-order chi connectivity index (χ1) is 12.1. The Kier molecular flexibility index (Phi) is 7.80. The summed E-state index contributed by atoms with van der Waals surface area (Å²) in [6.45, 7) is 11.7. The van der Waals surface area contributed by atoms with Gasteiger partial charge in [-0.1, -0.05) is 44.2 Å². The van der Waals surface area contributed by atoms with Gasteiger partial charge in [-0.05, 0) is 61.6 Å². The first-order valence-corrected chi connectivity index (χ1v) is 9.24. The fraction of sp³-hybridized carbons (Fsp3) is 0.455. The Morgan fingerprint density at radius 3 is 2.52 bits per heavy atom. The van der Waals surface area contributed by atoms with Crippen molar-refractivity contribution >= 4 is 0 Å². The van der Waals surface area contributed by atoms with Crippen molar-refractivity contribution in [3.63, 3.8) is 0 Å². The SMILES string of the molecule is CCOc1cc(CNCCC(C)C)ccc1OCc1ccccc1C. The molecule has 136 valence electrons. The number of rotatable bonds is 10. The molecule has 0 saturated carbocycles. The average molecular weight is 341 g/mol. The zero-order valence-corrected chi connectivity index (χ0v) is 16.0. The molecular formula is C22H31NO2. The minimum absolute atomic E-state index is 0.554. The third-order valence-corrected chi connectivity index (χ3v) is 4.18. The normalized spacial score (nSPS) is 10.9. The predicted molar refractivity (Wildman–Crippen MR) is 104 cm³/mol. The van der Waals surface area contributed by atoms with Gasteiger partial charge < -0.3 is 14.8 Å². The van der Waals surface area contributed by atoms with Gasteiger partial charge in [0.2, 0.25) is 0 Å². The van der Waals surface area contributed by atoms with Crippen LogP contribution in [0, 0.1) is 12.8 Å². The van der Waals surface area contributed by atoms with Gasteiger partial charge in [-0.3, -0.25) is 0 Å². The van der Waals surface area contributed by atoms with E-state index in [0.717, 1.165) is 30.5 Å². The summed E-state index contributed by atoms with van der Waals surface area (Å²) in [7, 11) is 0. The van der Waals surface area contributed by atoms with Crippen LogP contribution in [0.3, 0.4) is 0 Å². The second-order valence-electron chi connectivity index (χ2n) is 6.79. The van der Waals surface area contributed by atoms with Crippen molar-refractivity contribution in [2.24, 2.45) is 5.92 Å². The fourth-order valence-electron chi connectivity index (χ4n) is 2.60. The van der Waals surface area contributed by atoms with Crippen LogP contribution in [0.5, 0.6) is 11.5 Å². The van der Waals surface area contributed by atoms with Crippen LogP contribution in [0.4, 0.5) is 0 Å². The zero-order chi connectivity index (χ0) is 18.1. The van der Waals surface area contributed by atoms with Crippen LogP contribution in [-0.4, -0.2) is 13.2 Å². The van der Waals surface area contributed by atoms with Crippen molar-refractivity contribution in [2.45, 2.75) is 47.3 Å². The number of ether oxygens (including phenoxy) is 2. The van der Waals surface area contributed by atoms with Gasteiger partial charge in [0.15, 0.2) is 11.5 Å². The molecule has 25 heavy (non-hydrogen) atoms. The Hall–Kier alpha value is -2.00. The molecule has 0 fully saturated rings. The molecule has 0 saturated heterocycles. The molecule has 0 aliphatic carbocycles. The lowest BCUT2D eigenvalue weighted by atomic mass is 10.1. The van der Waals surface area contributed by atoms with Crippen LogP contribution in [0.15, 0.2) is 42.5 Å². The lowest BCUT2D eigenvalue weighted by molar-refractivity contribution is 0.268. The van der Waals surface area contributed by atoms with E-state index in [1.54, 1.807) is 0 Å². The summed E-state index contributed by atoms with van der Waals surface area (Å²) in [5.41, 5.74) is 3.66. The van der Waals surface area contributed by atoms with Gasteiger partial charge in [0.05, 0.1) is 6.61 Å². The second kappa shape index (κ2) is 10.1. The van der Waals surface area contributed by atoms with Gasteiger partial charge in [-0.15, -0.1) is 0 Å². The molecule has 0 aliphatic rings. The third kappa shape index (κ3) is 6.43. The second-order valence-corrected chi connectivity index (χ2v) is 6.79. The molecule has 0 aliphatic heterocycles. The van der Waals surface area contributed by atoms with E-state index in [-0.39, 0.29) is 0 Å². The molecule has 0 amide bonds. The summed E-state index contributed by atoms with van der Waals surface area (Å²) in [6, 6.07) is 14.5. The number of hydrogen-bond acceptors (Lipinski definition) is 3. The van der Waals surface area contributed by atoms with E-state index in [4.69, 9.17) is 9.47 Å². The molecule has 1 N–H and O–H groups in total. The lowest BCUT2D eigenvalue weighted by Gasteiger charge is -2.15. The van der Waals surface area contributed by atoms with E-state index in [2.05, 4.69) is 50.4 Å². The summed E-state index contributed by atoms with van der Waals surface area (Å²) in [5, 5.41) is 3.49. The standard InChI is InChI=1S/C22H31NO2/c1-5-24-22-14-19(15-23-13-12-17(2)3)10-11-21(22)25-16-20-9-7-6-8-18(20)4/h6-11,14,17,23H,5,12-13,15-16H2,1-4H3. The number of nitrogens with one attached hydrogen (secondary N) is 1. The fourth-order valence-corrected chi connectivity index (χ4v) is 2.60. The topological polar surface area (TPSA) is 30.5 Å². The molecule has 0 radical (unpaired) electrons. The number of hydrogen-bond donors (Lipinski definition) is 1. The van der Waals surface area contributed by atoms with Crippen LogP contribution in [0.2, 0.25) is 0 Å². The third-order valence-electron chi connectivity index (χ3n) is 4.18. The van der Waals surface area contributed by atoms with E-state index in [9.17, 15) is 0 Å². The highest BCUT2D eigenvalue weighted by Crippen LogP contribution is 2.29. The van der Waals surface area contributed by atoms with Gasteiger partial charge in [0.25, 0.3) is 0 Å². The smallest absolute Gasteiger partial charge is 0.161 e. The highest BCUT2D eigenvalue weighted by atomic mass is 16.5. The minimum atomic E-state index is 0.554. The molecule has 2 aromatic rings. The maximum Gasteiger partial charge on any atom is 0.161 e. The Bertz CT molecular complexity index is 652. The predicted octanol–water partition coefficient (Wildman–Crippen LogP) is 5.11. The lowest BCUT2D eigenvalue weighted by Crippen LogP contribution is -2.16. The maximum atomic E-state index is 6.02. The summed E-state index contributed by atoms with van der Waals surface area (Å²) in [4.78, 5) is 0. The highest BCUT2D eigenvalue weighted by Gasteiger charge is 2.08. The zero-order valence-electron chi connectivity index (χ0n) is 16.0. The van der Waals surface area contributed by atoms with Gasteiger partial charge >= 0.3 is 0 Å². The van der Waals surface area contributed by atoms with Crippen LogP contribution in [0.25, 0.3) is 0 Å². The number of benzene rings is 2. The van der Waals surface area contributed by atoms with Gasteiger partial charge in [0.1, 0.15) is 6.61 Å². The van der Waals surface area contributed by atoms with Crippen LogP contribution in [-0.2, 0) is 13.2 Å². The highest BCUT2D eigenvalue weighted by molar-refractivity contribution is 5.43. The van der Waals surface area contributed by atoms with Crippen LogP contribution in [0.1, 0.15) is 43.9 Å². The molecule has 0 heterocycles. The largest absolute Gasteiger partial charge is 0.490 e. The van der Waals surface area contributed by atoms with Crippen molar-refractivity contribution in [2.75, 3.05) is 13.2 Å². The van der Waals surface area contributed by atoms with Crippen molar-refractivity contribution in [3.05, 3.63) is 59.2 Å². The minimum Gasteiger partial charge on any atom is -0.490 e. The van der Waals surface area contributed by atoms with Crippen molar-refractivity contribution in [3.8, 4) is 11.5 Å². The molecule has 0 spiro atoms. The molecular weight excluding hydrogens is 310 g/mol. The quantitative estimate of drug-likeness (QED) is 0.609. The van der Waals surface area contributed by atoms with Gasteiger partial charge in [-0.2, -0.15) is 0 Å². The van der Waals surface area contributed by atoms with E-state index < -0.39 is 0 Å². The first-order valence-electron chi connectivity index (χ1n) is 9.24. The summed E-state index contributed by atoms with van der Waals surface area (Å²) < 4.78 is 11.8. The van der Waals surface area contributed by atoms with Gasteiger partial charge in [0, 0.05) is 6.54 Å². The molecule has 0 aromatic heterocycles. The van der Waals surface area contributed by atoms with E-state index in [1.807, 2.05) is 25.1 Å². The molecule has 3 nitrogen and oxygen atoms in total. The van der Waals surface area contributed by atoms with E-state index >= 15 is 0 Å². The van der Waals surface area contributed by atoms with Gasteiger partial charge in [-0.25, -0.2) is 0 Å².